The minimum absolute atomic E-state index is 0.0292. The number of nitrogens with one attached hydrogen (secondary N) is 1. The SMILES string of the molecule is O=C(NCc1noc(-c2ccccc2)n1)c1cc2ccccc2oc1=O. The Hall–Kier alpha value is -3.74. The molecule has 2 aromatic carbocycles. The summed E-state index contributed by atoms with van der Waals surface area (Å²) in [6.07, 6.45) is 0. The number of hydrogen-bond acceptors (Lipinski definition) is 6. The topological polar surface area (TPSA) is 98.2 Å². The van der Waals surface area contributed by atoms with Gasteiger partial charge >= 0.3 is 5.63 Å². The normalized spacial score (nSPS) is 10.8. The van der Waals surface area contributed by atoms with Crippen LogP contribution in [0.25, 0.3) is 22.4 Å². The van der Waals surface area contributed by atoms with Crippen LogP contribution in [0.2, 0.25) is 0 Å². The molecule has 0 fully saturated rings. The number of carbonyl (C=O) groups excluding carboxylic acids is 1. The average Bonchev–Trinajstić information content (AvgIpc) is 3.15. The van der Waals surface area contributed by atoms with Crippen LogP contribution in [0.4, 0.5) is 0 Å². The quantitative estimate of drug-likeness (QED) is 0.570. The first kappa shape index (κ1) is 15.8. The van der Waals surface area contributed by atoms with E-state index in [1.807, 2.05) is 30.3 Å². The first-order valence-corrected chi connectivity index (χ1v) is 7.90. The van der Waals surface area contributed by atoms with E-state index < -0.39 is 11.5 Å². The Kier molecular flexibility index (Phi) is 4.03. The number of para-hydroxylation sites is 1. The van der Waals surface area contributed by atoms with Crippen molar-refractivity contribution in [2.24, 2.45) is 0 Å². The highest BCUT2D eigenvalue weighted by molar-refractivity contribution is 5.96. The molecule has 0 spiro atoms. The van der Waals surface area contributed by atoms with Crippen LogP contribution in [0.15, 0.2) is 74.4 Å². The molecule has 0 radical (unpaired) electrons. The van der Waals surface area contributed by atoms with Crippen molar-refractivity contribution in [1.82, 2.24) is 15.5 Å². The molecule has 7 nitrogen and oxygen atoms in total. The minimum atomic E-state index is -0.695. The zero-order valence-corrected chi connectivity index (χ0v) is 13.5. The molecule has 0 unspecified atom stereocenters. The highest BCUT2D eigenvalue weighted by atomic mass is 16.5. The molecule has 0 bridgehead atoms. The van der Waals surface area contributed by atoms with Gasteiger partial charge in [0, 0.05) is 10.9 Å². The lowest BCUT2D eigenvalue weighted by Crippen LogP contribution is -2.28. The second kappa shape index (κ2) is 6.64. The van der Waals surface area contributed by atoms with Gasteiger partial charge in [0.25, 0.3) is 11.8 Å². The van der Waals surface area contributed by atoms with Crippen LogP contribution in [0.5, 0.6) is 0 Å². The summed E-state index contributed by atoms with van der Waals surface area (Å²) in [5.74, 6) is 0.109. The highest BCUT2D eigenvalue weighted by Gasteiger charge is 2.15. The molecule has 26 heavy (non-hydrogen) atoms. The number of nitrogens with zero attached hydrogens (tertiary/aromatic N) is 2. The predicted octanol–water partition coefficient (Wildman–Crippen LogP) is 2.77. The molecule has 0 atom stereocenters. The Bertz CT molecular complexity index is 1130. The fraction of sp³-hybridized carbons (Fsp3) is 0.0526. The predicted molar refractivity (Wildman–Crippen MR) is 93.4 cm³/mol. The summed E-state index contributed by atoms with van der Waals surface area (Å²) in [6.45, 7) is 0.0292. The Balaban J connectivity index is 1.50. The smallest absolute Gasteiger partial charge is 0.349 e. The Morgan fingerprint density at radius 3 is 2.65 bits per heavy atom. The van der Waals surface area contributed by atoms with Gasteiger partial charge in [0.05, 0.1) is 6.54 Å². The number of rotatable bonds is 4. The Morgan fingerprint density at radius 1 is 1.04 bits per heavy atom. The van der Waals surface area contributed by atoms with Gasteiger partial charge in [-0.2, -0.15) is 4.98 Å². The van der Waals surface area contributed by atoms with E-state index >= 15 is 0 Å². The van der Waals surface area contributed by atoms with Gasteiger partial charge in [-0.1, -0.05) is 41.6 Å². The molecule has 1 N–H and O–H groups in total. The van der Waals surface area contributed by atoms with Gasteiger partial charge in [0.2, 0.25) is 0 Å². The van der Waals surface area contributed by atoms with Crippen molar-refractivity contribution in [3.05, 3.63) is 82.5 Å². The molecular formula is C19H13N3O4. The summed E-state index contributed by atoms with van der Waals surface area (Å²) in [5.41, 5.74) is 0.447. The van der Waals surface area contributed by atoms with Crippen molar-refractivity contribution < 1.29 is 13.7 Å². The number of amides is 1. The Labute approximate surface area is 147 Å². The highest BCUT2D eigenvalue weighted by Crippen LogP contribution is 2.16. The second-order valence-electron chi connectivity index (χ2n) is 5.55. The molecule has 2 heterocycles. The standard InChI is InChI=1S/C19H13N3O4/c23-17(14-10-13-8-4-5-9-15(13)25-19(14)24)20-11-16-21-18(26-22-16)12-6-2-1-3-7-12/h1-10H,11H2,(H,20,23). The second-order valence-corrected chi connectivity index (χ2v) is 5.55. The maximum absolute atomic E-state index is 12.3. The van der Waals surface area contributed by atoms with Gasteiger partial charge < -0.3 is 14.3 Å². The third kappa shape index (κ3) is 3.10. The monoisotopic (exact) mass is 347 g/mol. The molecule has 0 aliphatic heterocycles. The molecule has 4 rings (SSSR count). The third-order valence-corrected chi connectivity index (χ3v) is 3.78. The molecule has 1 amide bonds. The lowest BCUT2D eigenvalue weighted by Gasteiger charge is -2.02. The molecule has 0 saturated heterocycles. The van der Waals surface area contributed by atoms with E-state index in [0.717, 1.165) is 5.56 Å². The average molecular weight is 347 g/mol. The number of carbonyl (C=O) groups is 1. The van der Waals surface area contributed by atoms with E-state index in [2.05, 4.69) is 15.5 Å². The van der Waals surface area contributed by atoms with E-state index in [1.165, 1.54) is 6.07 Å². The van der Waals surface area contributed by atoms with Crippen molar-refractivity contribution in [1.29, 1.82) is 0 Å². The van der Waals surface area contributed by atoms with Gasteiger partial charge in [0.15, 0.2) is 5.82 Å². The fourth-order valence-corrected chi connectivity index (χ4v) is 2.50. The van der Waals surface area contributed by atoms with Crippen molar-refractivity contribution >= 4 is 16.9 Å². The van der Waals surface area contributed by atoms with E-state index in [0.29, 0.717) is 22.7 Å². The number of benzene rings is 2. The third-order valence-electron chi connectivity index (χ3n) is 3.78. The molecule has 2 aromatic heterocycles. The molecule has 0 saturated carbocycles. The van der Waals surface area contributed by atoms with Gasteiger partial charge in [-0.25, -0.2) is 4.79 Å². The van der Waals surface area contributed by atoms with Crippen LogP contribution in [-0.2, 0) is 6.54 Å². The van der Waals surface area contributed by atoms with E-state index in [1.54, 1.807) is 24.3 Å². The first-order chi connectivity index (χ1) is 12.7. The van der Waals surface area contributed by atoms with Crippen molar-refractivity contribution in [3.63, 3.8) is 0 Å². The van der Waals surface area contributed by atoms with Crippen molar-refractivity contribution in [2.75, 3.05) is 0 Å². The molecule has 128 valence electrons. The maximum atomic E-state index is 12.3. The molecule has 0 aliphatic rings. The number of hydrogen-bond donors (Lipinski definition) is 1. The van der Waals surface area contributed by atoms with Crippen LogP contribution in [-0.4, -0.2) is 16.0 Å². The minimum Gasteiger partial charge on any atom is -0.422 e. The van der Waals surface area contributed by atoms with Crippen LogP contribution in [0.1, 0.15) is 16.2 Å². The van der Waals surface area contributed by atoms with Crippen LogP contribution in [0.3, 0.4) is 0 Å². The molecule has 0 aliphatic carbocycles. The van der Waals surface area contributed by atoms with E-state index in [-0.39, 0.29) is 12.1 Å². The zero-order chi connectivity index (χ0) is 17.9. The number of fused-ring (bicyclic) bond motifs is 1. The fourth-order valence-electron chi connectivity index (χ4n) is 2.50. The summed E-state index contributed by atoms with van der Waals surface area (Å²) in [4.78, 5) is 28.5. The van der Waals surface area contributed by atoms with Crippen LogP contribution < -0.4 is 10.9 Å². The molecule has 7 heteroatoms. The zero-order valence-electron chi connectivity index (χ0n) is 13.5. The molecular weight excluding hydrogens is 334 g/mol. The van der Waals surface area contributed by atoms with Gasteiger partial charge in [-0.05, 0) is 24.3 Å². The summed E-state index contributed by atoms with van der Waals surface area (Å²) >= 11 is 0. The number of aromatic nitrogens is 2. The van der Waals surface area contributed by atoms with Gasteiger partial charge in [-0.15, -0.1) is 0 Å². The van der Waals surface area contributed by atoms with Crippen LogP contribution >= 0.6 is 0 Å². The van der Waals surface area contributed by atoms with E-state index in [9.17, 15) is 9.59 Å². The van der Waals surface area contributed by atoms with Crippen LogP contribution in [0, 0.1) is 0 Å². The summed E-state index contributed by atoms with van der Waals surface area (Å²) in [5, 5.41) is 7.10. The lowest BCUT2D eigenvalue weighted by atomic mass is 10.2. The van der Waals surface area contributed by atoms with Crippen molar-refractivity contribution in [3.8, 4) is 11.5 Å². The molecule has 4 aromatic rings. The van der Waals surface area contributed by atoms with Crippen molar-refractivity contribution in [2.45, 2.75) is 6.54 Å². The van der Waals surface area contributed by atoms with E-state index in [4.69, 9.17) is 8.94 Å². The maximum Gasteiger partial charge on any atom is 0.349 e. The summed E-state index contributed by atoms with van der Waals surface area (Å²) in [7, 11) is 0. The Morgan fingerprint density at radius 2 is 1.81 bits per heavy atom. The lowest BCUT2D eigenvalue weighted by molar-refractivity contribution is 0.0946. The largest absolute Gasteiger partial charge is 0.422 e. The van der Waals surface area contributed by atoms with Gasteiger partial charge in [-0.3, -0.25) is 4.79 Å². The summed E-state index contributed by atoms with van der Waals surface area (Å²) in [6, 6.07) is 17.8. The summed E-state index contributed by atoms with van der Waals surface area (Å²) < 4.78 is 10.3. The first-order valence-electron chi connectivity index (χ1n) is 7.90. The van der Waals surface area contributed by atoms with Gasteiger partial charge in [0.1, 0.15) is 11.1 Å².